The summed E-state index contributed by atoms with van der Waals surface area (Å²) in [7, 11) is 0. The normalized spacial score (nSPS) is 15.0. The molecule has 2 atom stereocenters. The fourth-order valence-electron chi connectivity index (χ4n) is 4.11. The summed E-state index contributed by atoms with van der Waals surface area (Å²) >= 11 is 6.68. The van der Waals surface area contributed by atoms with Gasteiger partial charge in [0, 0.05) is 41.3 Å². The molecule has 0 spiro atoms. The van der Waals surface area contributed by atoms with E-state index in [1.807, 2.05) is 6.07 Å². The van der Waals surface area contributed by atoms with Crippen molar-refractivity contribution < 1.29 is 8.78 Å². The van der Waals surface area contributed by atoms with Crippen LogP contribution in [0.15, 0.2) is 42.4 Å². The van der Waals surface area contributed by atoms with Crippen LogP contribution in [-0.2, 0) is 0 Å². The summed E-state index contributed by atoms with van der Waals surface area (Å²) in [6.45, 7) is 9.85. The molecule has 1 aromatic carbocycles. The van der Waals surface area contributed by atoms with Crippen molar-refractivity contribution in [3.05, 3.63) is 70.2 Å². The van der Waals surface area contributed by atoms with Crippen molar-refractivity contribution in [2.45, 2.75) is 46.7 Å². The Balaban J connectivity index is 1.81. The second-order valence-electron chi connectivity index (χ2n) is 10.5. The molecule has 0 amide bonds. The first-order valence-electron chi connectivity index (χ1n) is 12.2. The minimum absolute atomic E-state index is 0.0313. The van der Waals surface area contributed by atoms with Crippen LogP contribution in [0, 0.1) is 29.6 Å². The van der Waals surface area contributed by atoms with Gasteiger partial charge < -0.3 is 16.1 Å². The largest absolute Gasteiger partial charge is 0.383 e. The van der Waals surface area contributed by atoms with E-state index in [0.29, 0.717) is 56.4 Å². The molecule has 1 aliphatic heterocycles. The van der Waals surface area contributed by atoms with E-state index in [9.17, 15) is 14.0 Å². The van der Waals surface area contributed by atoms with Gasteiger partial charge in [0.05, 0.1) is 39.6 Å². The molecule has 4 rings (SSSR count). The van der Waals surface area contributed by atoms with Gasteiger partial charge in [-0.2, -0.15) is 9.65 Å². The Hall–Kier alpha value is -3.68. The number of nitrogens with zero attached hydrogens (tertiary/aromatic N) is 4. The number of alkyl halides is 1. The van der Waals surface area contributed by atoms with Gasteiger partial charge in [0.2, 0.25) is 5.95 Å². The van der Waals surface area contributed by atoms with Gasteiger partial charge in [-0.25, -0.2) is 9.37 Å². The molecular formula is C27H31ClF2N8. The van der Waals surface area contributed by atoms with Crippen LogP contribution < -0.4 is 21.6 Å². The summed E-state index contributed by atoms with van der Waals surface area (Å²) in [5.41, 5.74) is 10.2. The van der Waals surface area contributed by atoms with Gasteiger partial charge in [-0.1, -0.05) is 38.4 Å². The van der Waals surface area contributed by atoms with E-state index in [0.717, 1.165) is 0 Å². The van der Waals surface area contributed by atoms with Crippen molar-refractivity contribution in [2.24, 2.45) is 5.41 Å². The molecule has 0 saturated heterocycles. The van der Waals surface area contributed by atoms with Crippen LogP contribution in [-0.4, -0.2) is 34.2 Å². The maximum Gasteiger partial charge on any atom is 0.213 e. The van der Waals surface area contributed by atoms with Crippen LogP contribution in [0.3, 0.4) is 0 Å². The number of aryl methyl sites for hydroxylation is 1. The minimum atomic E-state index is -0.581. The van der Waals surface area contributed by atoms with E-state index in [-0.39, 0.29) is 5.41 Å². The highest BCUT2D eigenvalue weighted by Crippen LogP contribution is 2.36. The molecule has 4 N–H and O–H groups in total. The second-order valence-corrected chi connectivity index (χ2v) is 11.0. The third-order valence-corrected chi connectivity index (χ3v) is 6.46. The average Bonchev–Trinajstić information content (AvgIpc) is 3.35. The lowest BCUT2D eigenvalue weighted by Gasteiger charge is -2.24. The molecule has 0 radical (unpaired) electrons. The molecule has 0 aliphatic carbocycles. The number of benzene rings is 1. The lowest BCUT2D eigenvalue weighted by Crippen LogP contribution is -2.43. The molecule has 2 aromatic heterocycles. The maximum atomic E-state index is 13.8. The van der Waals surface area contributed by atoms with Crippen LogP contribution in [0.1, 0.15) is 50.6 Å². The first-order chi connectivity index (χ1) is 18.0. The van der Waals surface area contributed by atoms with Crippen molar-refractivity contribution in [1.82, 2.24) is 25.9 Å². The number of rotatable bonds is 8. The van der Waals surface area contributed by atoms with Crippen molar-refractivity contribution in [1.29, 1.82) is 5.26 Å². The van der Waals surface area contributed by atoms with E-state index in [1.54, 1.807) is 37.2 Å². The Labute approximate surface area is 226 Å². The molecule has 200 valence electrons. The monoisotopic (exact) mass is 540 g/mol. The summed E-state index contributed by atoms with van der Waals surface area (Å²) in [5, 5.41) is 19.3. The van der Waals surface area contributed by atoms with Crippen LogP contribution in [0.2, 0.25) is 5.02 Å². The number of nitriles is 1. The van der Waals surface area contributed by atoms with Crippen molar-refractivity contribution in [3.63, 3.8) is 0 Å². The van der Waals surface area contributed by atoms with E-state index >= 15 is 0 Å². The summed E-state index contributed by atoms with van der Waals surface area (Å²) in [5.74, 6) is -0.581. The Bertz CT molecular complexity index is 1410. The van der Waals surface area contributed by atoms with Crippen molar-refractivity contribution >= 4 is 33.9 Å². The molecular weight excluding hydrogens is 510 g/mol. The van der Waals surface area contributed by atoms with Gasteiger partial charge in [0.25, 0.3) is 0 Å². The lowest BCUT2D eigenvalue weighted by atomic mass is 9.96. The van der Waals surface area contributed by atoms with Gasteiger partial charge in [0.1, 0.15) is 12.7 Å². The maximum absolute atomic E-state index is 13.8. The first-order valence-corrected chi connectivity index (χ1v) is 12.6. The van der Waals surface area contributed by atoms with Crippen LogP contribution >= 0.6 is 11.6 Å². The molecule has 1 aliphatic rings. The lowest BCUT2D eigenvalue weighted by molar-refractivity contribution is 0.178. The number of anilines is 2. The van der Waals surface area contributed by atoms with Gasteiger partial charge in [-0.3, -0.25) is 9.99 Å². The van der Waals surface area contributed by atoms with E-state index in [1.165, 1.54) is 12.3 Å². The number of hydrazine groups is 2. The zero-order valence-electron chi connectivity index (χ0n) is 22.0. The molecule has 11 heteroatoms. The smallest absolute Gasteiger partial charge is 0.213 e. The number of fused-ring (bicyclic) bond motifs is 1. The molecule has 0 bridgehead atoms. The van der Waals surface area contributed by atoms with Gasteiger partial charge in [-0.05, 0) is 37.5 Å². The Morgan fingerprint density at radius 1 is 1.26 bits per heavy atom. The Morgan fingerprint density at radius 3 is 2.68 bits per heavy atom. The summed E-state index contributed by atoms with van der Waals surface area (Å²) < 4.78 is 27.2. The average molecular weight is 541 g/mol. The number of nitrogens with one attached hydrogen (secondary N) is 4. The number of hydrogen-bond donors (Lipinski definition) is 4. The standard InChI is InChI=1S/C27H31ClF2N8/c1-15(10-29)38-13-22(36-37-38)26(19-6-7-23(30)34-16(19)2)35-18-8-20-24(33-14-27(3,4)5)17(11-31)12-32-25(20)21(28)9-18/h6-9,12-13,15,26,35-37H,10,14H2,1-5H3,(H,32,33)/t15-,26-/m0/s1. The van der Waals surface area contributed by atoms with E-state index < -0.39 is 24.7 Å². The number of pyridine rings is 2. The predicted octanol–water partition coefficient (Wildman–Crippen LogP) is 5.74. The van der Waals surface area contributed by atoms with Crippen molar-refractivity contribution in [3.8, 4) is 6.07 Å². The SMILES string of the molecule is Cc1nc(F)ccc1[C@H](Nc1cc(Cl)c2ncc(C#N)c(NCC(C)(C)C)c2c1)C1=CN([C@@H](C)CF)NN1. The van der Waals surface area contributed by atoms with E-state index in [4.69, 9.17) is 11.6 Å². The molecule has 0 unspecified atom stereocenters. The Morgan fingerprint density at radius 2 is 2.03 bits per heavy atom. The van der Waals surface area contributed by atoms with Gasteiger partial charge >= 0.3 is 0 Å². The topological polar surface area (TPSA) is 101 Å². The van der Waals surface area contributed by atoms with Crippen LogP contribution in [0.5, 0.6) is 0 Å². The molecule has 0 saturated carbocycles. The zero-order valence-corrected chi connectivity index (χ0v) is 22.7. The fraction of sp³-hybridized carbons (Fsp3) is 0.370. The molecule has 3 aromatic rings. The molecule has 3 heterocycles. The first kappa shape index (κ1) is 27.4. The quantitative estimate of drug-likeness (QED) is 0.268. The highest BCUT2D eigenvalue weighted by Gasteiger charge is 2.27. The fourth-order valence-corrected chi connectivity index (χ4v) is 4.38. The number of aromatic nitrogens is 2. The van der Waals surface area contributed by atoms with Crippen LogP contribution in [0.4, 0.5) is 20.2 Å². The van der Waals surface area contributed by atoms with Gasteiger partial charge in [0.15, 0.2) is 0 Å². The zero-order chi connectivity index (χ0) is 27.6. The van der Waals surface area contributed by atoms with E-state index in [2.05, 4.69) is 58.4 Å². The second kappa shape index (κ2) is 11.0. The third-order valence-electron chi connectivity index (χ3n) is 6.17. The van der Waals surface area contributed by atoms with Gasteiger partial charge in [-0.15, -0.1) is 5.53 Å². The predicted molar refractivity (Wildman–Crippen MR) is 146 cm³/mol. The Kier molecular flexibility index (Phi) is 7.90. The minimum Gasteiger partial charge on any atom is -0.383 e. The molecule has 0 fully saturated rings. The third kappa shape index (κ3) is 5.90. The molecule has 38 heavy (non-hydrogen) atoms. The molecule has 8 nitrogen and oxygen atoms in total. The highest BCUT2D eigenvalue weighted by molar-refractivity contribution is 6.35. The summed E-state index contributed by atoms with van der Waals surface area (Å²) in [6, 6.07) is 7.88. The summed E-state index contributed by atoms with van der Waals surface area (Å²) in [6.07, 6.45) is 3.28. The van der Waals surface area contributed by atoms with Crippen molar-refractivity contribution in [2.75, 3.05) is 23.9 Å². The summed E-state index contributed by atoms with van der Waals surface area (Å²) in [4.78, 5) is 8.42. The number of halogens is 3. The highest BCUT2D eigenvalue weighted by atomic mass is 35.5. The number of hydrogen-bond acceptors (Lipinski definition) is 8. The van der Waals surface area contributed by atoms with Crippen LogP contribution in [0.25, 0.3) is 10.9 Å².